The molecule has 94 valence electrons. The normalized spacial score (nSPS) is 14.2. The number of aliphatic hydroxyl groups excluding tert-OH is 2. The largest absolute Gasteiger partial charge is 0.388 e. The molecule has 0 aliphatic heterocycles. The molecule has 1 amide bonds. The van der Waals surface area contributed by atoms with E-state index in [-0.39, 0.29) is 23.0 Å². The van der Waals surface area contributed by atoms with Crippen LogP contribution in [0.3, 0.4) is 0 Å². The second kappa shape index (κ2) is 5.95. The zero-order valence-corrected chi connectivity index (χ0v) is 9.91. The molecule has 1 rings (SSSR count). The van der Waals surface area contributed by atoms with Crippen LogP contribution < -0.4 is 5.32 Å². The minimum atomic E-state index is -1.31. The molecule has 2 unspecified atom stereocenters. The number of aliphatic hydroxyl groups is 2. The third-order valence-electron chi connectivity index (χ3n) is 2.15. The SMILES string of the molecule is CC(=O)NCC(O)C(O)c1cc(F)cc(Cl)c1. The number of hydrogen-bond donors (Lipinski definition) is 3. The van der Waals surface area contributed by atoms with Gasteiger partial charge in [-0.2, -0.15) is 0 Å². The van der Waals surface area contributed by atoms with Crippen molar-refractivity contribution in [3.05, 3.63) is 34.6 Å². The molecule has 0 aromatic heterocycles. The maximum absolute atomic E-state index is 13.0. The molecular weight excluding hydrogens is 249 g/mol. The van der Waals surface area contributed by atoms with Crippen molar-refractivity contribution in [2.75, 3.05) is 6.54 Å². The van der Waals surface area contributed by atoms with Crippen LogP contribution in [0.25, 0.3) is 0 Å². The van der Waals surface area contributed by atoms with Gasteiger partial charge in [-0.1, -0.05) is 11.6 Å². The fourth-order valence-electron chi connectivity index (χ4n) is 1.33. The van der Waals surface area contributed by atoms with Crippen molar-refractivity contribution < 1.29 is 19.4 Å². The zero-order valence-electron chi connectivity index (χ0n) is 9.15. The first-order valence-corrected chi connectivity index (χ1v) is 5.34. The van der Waals surface area contributed by atoms with Crippen LogP contribution in [-0.4, -0.2) is 28.8 Å². The summed E-state index contributed by atoms with van der Waals surface area (Å²) in [7, 11) is 0. The summed E-state index contributed by atoms with van der Waals surface area (Å²) in [6.45, 7) is 1.17. The van der Waals surface area contributed by atoms with Gasteiger partial charge in [0.05, 0.1) is 0 Å². The van der Waals surface area contributed by atoms with E-state index >= 15 is 0 Å². The number of carbonyl (C=O) groups excluding carboxylic acids is 1. The molecule has 0 aliphatic rings. The summed E-state index contributed by atoms with van der Waals surface area (Å²) in [5.74, 6) is -0.924. The Morgan fingerprint density at radius 1 is 1.47 bits per heavy atom. The lowest BCUT2D eigenvalue weighted by molar-refractivity contribution is -0.119. The predicted octanol–water partition coefficient (Wildman–Crippen LogP) is 1.01. The van der Waals surface area contributed by atoms with E-state index in [1.807, 2.05) is 0 Å². The Balaban J connectivity index is 2.73. The van der Waals surface area contributed by atoms with Crippen molar-refractivity contribution in [1.29, 1.82) is 0 Å². The van der Waals surface area contributed by atoms with Crippen LogP contribution in [-0.2, 0) is 4.79 Å². The molecule has 0 spiro atoms. The van der Waals surface area contributed by atoms with Gasteiger partial charge < -0.3 is 15.5 Å². The molecule has 2 atom stereocenters. The summed E-state index contributed by atoms with van der Waals surface area (Å²) in [5, 5.41) is 21.8. The third-order valence-corrected chi connectivity index (χ3v) is 2.37. The minimum absolute atomic E-state index is 0.120. The van der Waals surface area contributed by atoms with Crippen LogP contribution in [0, 0.1) is 5.82 Å². The standard InChI is InChI=1S/C11H13ClFNO3/c1-6(15)14-5-10(16)11(17)7-2-8(12)4-9(13)3-7/h2-4,10-11,16-17H,5H2,1H3,(H,14,15). The van der Waals surface area contributed by atoms with Crippen LogP contribution in [0.15, 0.2) is 18.2 Å². The topological polar surface area (TPSA) is 69.6 Å². The lowest BCUT2D eigenvalue weighted by Crippen LogP contribution is -2.34. The van der Waals surface area contributed by atoms with Crippen molar-refractivity contribution in [2.45, 2.75) is 19.1 Å². The quantitative estimate of drug-likeness (QED) is 0.758. The summed E-state index contributed by atoms with van der Waals surface area (Å²) in [6.07, 6.45) is -2.54. The van der Waals surface area contributed by atoms with Crippen molar-refractivity contribution in [1.82, 2.24) is 5.32 Å². The molecule has 0 fully saturated rings. The minimum Gasteiger partial charge on any atom is -0.388 e. The third kappa shape index (κ3) is 4.30. The van der Waals surface area contributed by atoms with E-state index in [2.05, 4.69) is 5.32 Å². The molecular formula is C11H13ClFNO3. The van der Waals surface area contributed by atoms with E-state index in [0.29, 0.717) is 0 Å². The number of benzene rings is 1. The van der Waals surface area contributed by atoms with Gasteiger partial charge in [0, 0.05) is 18.5 Å². The van der Waals surface area contributed by atoms with Gasteiger partial charge in [-0.25, -0.2) is 4.39 Å². The van der Waals surface area contributed by atoms with Gasteiger partial charge in [-0.05, 0) is 23.8 Å². The first kappa shape index (κ1) is 13.9. The molecule has 0 saturated carbocycles. The van der Waals surface area contributed by atoms with Crippen LogP contribution in [0.5, 0.6) is 0 Å². The lowest BCUT2D eigenvalue weighted by atomic mass is 10.0. The molecule has 0 heterocycles. The second-order valence-corrected chi connectivity index (χ2v) is 4.09. The molecule has 0 aliphatic carbocycles. The second-order valence-electron chi connectivity index (χ2n) is 3.65. The Labute approximate surface area is 103 Å². The monoisotopic (exact) mass is 261 g/mol. The first-order valence-electron chi connectivity index (χ1n) is 4.96. The summed E-state index contributed by atoms with van der Waals surface area (Å²) < 4.78 is 13.0. The van der Waals surface area contributed by atoms with Crippen LogP contribution in [0.4, 0.5) is 4.39 Å². The van der Waals surface area contributed by atoms with E-state index in [0.717, 1.165) is 12.1 Å². The van der Waals surface area contributed by atoms with E-state index in [1.165, 1.54) is 13.0 Å². The summed E-state index contributed by atoms with van der Waals surface area (Å²) in [6, 6.07) is 3.53. The van der Waals surface area contributed by atoms with Crippen molar-refractivity contribution in [3.8, 4) is 0 Å². The van der Waals surface area contributed by atoms with Gasteiger partial charge in [-0.3, -0.25) is 4.79 Å². The van der Waals surface area contributed by atoms with Gasteiger partial charge in [-0.15, -0.1) is 0 Å². The Morgan fingerprint density at radius 2 is 2.12 bits per heavy atom. The number of halogens is 2. The van der Waals surface area contributed by atoms with E-state index < -0.39 is 18.0 Å². The van der Waals surface area contributed by atoms with Gasteiger partial charge >= 0.3 is 0 Å². The number of rotatable bonds is 4. The Morgan fingerprint density at radius 3 is 2.65 bits per heavy atom. The Kier molecular flexibility index (Phi) is 4.86. The predicted molar refractivity (Wildman–Crippen MR) is 61.1 cm³/mol. The van der Waals surface area contributed by atoms with E-state index in [4.69, 9.17) is 11.6 Å². The summed E-state index contributed by atoms with van der Waals surface area (Å²) in [4.78, 5) is 10.6. The van der Waals surface area contributed by atoms with E-state index in [1.54, 1.807) is 0 Å². The maximum Gasteiger partial charge on any atom is 0.216 e. The molecule has 0 saturated heterocycles. The van der Waals surface area contributed by atoms with Crippen LogP contribution >= 0.6 is 11.6 Å². The van der Waals surface area contributed by atoms with Crippen LogP contribution in [0.2, 0.25) is 5.02 Å². The molecule has 0 radical (unpaired) electrons. The fraction of sp³-hybridized carbons (Fsp3) is 0.364. The lowest BCUT2D eigenvalue weighted by Gasteiger charge is -2.18. The van der Waals surface area contributed by atoms with E-state index in [9.17, 15) is 19.4 Å². The highest BCUT2D eigenvalue weighted by Crippen LogP contribution is 2.22. The Bertz CT molecular complexity index is 393. The maximum atomic E-state index is 13.0. The number of hydrogen-bond acceptors (Lipinski definition) is 3. The van der Waals surface area contributed by atoms with Crippen molar-refractivity contribution >= 4 is 17.5 Å². The van der Waals surface area contributed by atoms with Crippen molar-refractivity contribution in [3.63, 3.8) is 0 Å². The number of nitrogens with one attached hydrogen (secondary N) is 1. The molecule has 4 nitrogen and oxygen atoms in total. The molecule has 3 N–H and O–H groups in total. The molecule has 0 bridgehead atoms. The highest BCUT2D eigenvalue weighted by molar-refractivity contribution is 6.30. The molecule has 6 heteroatoms. The highest BCUT2D eigenvalue weighted by Gasteiger charge is 2.19. The molecule has 1 aromatic carbocycles. The first-order chi connectivity index (χ1) is 7.90. The fourth-order valence-corrected chi connectivity index (χ4v) is 1.56. The number of amides is 1. The van der Waals surface area contributed by atoms with Gasteiger partial charge in [0.15, 0.2) is 0 Å². The smallest absolute Gasteiger partial charge is 0.216 e. The highest BCUT2D eigenvalue weighted by atomic mass is 35.5. The van der Waals surface area contributed by atoms with Crippen LogP contribution in [0.1, 0.15) is 18.6 Å². The molecule has 17 heavy (non-hydrogen) atoms. The zero-order chi connectivity index (χ0) is 13.0. The average Bonchev–Trinajstić information content (AvgIpc) is 2.23. The van der Waals surface area contributed by atoms with Gasteiger partial charge in [0.2, 0.25) is 5.91 Å². The van der Waals surface area contributed by atoms with Gasteiger partial charge in [0.1, 0.15) is 18.0 Å². The molecule has 1 aromatic rings. The Hall–Kier alpha value is -1.17. The average molecular weight is 262 g/mol. The summed E-state index contributed by atoms with van der Waals surface area (Å²) >= 11 is 5.62. The van der Waals surface area contributed by atoms with Crippen molar-refractivity contribution in [2.24, 2.45) is 0 Å². The number of carbonyl (C=O) groups is 1. The van der Waals surface area contributed by atoms with Gasteiger partial charge in [0.25, 0.3) is 0 Å². The summed E-state index contributed by atoms with van der Waals surface area (Å²) in [5.41, 5.74) is 0.160.